The number of sulfonamides is 1. The van der Waals surface area contributed by atoms with Crippen LogP contribution in [0.1, 0.15) is 26.2 Å². The van der Waals surface area contributed by atoms with Crippen LogP contribution in [0.5, 0.6) is 0 Å². The molecule has 0 saturated carbocycles. The Bertz CT molecular complexity index is 620. The Balaban J connectivity index is 2.16. The number of halogens is 1. The van der Waals surface area contributed by atoms with Gasteiger partial charge < -0.3 is 15.4 Å². The number of nitrogens with one attached hydrogen (secondary N) is 3. The number of ether oxygens (including phenoxy) is 1. The monoisotopic (exact) mass is 410 g/mol. The van der Waals surface area contributed by atoms with Crippen LogP contribution < -0.4 is 15.4 Å². The molecule has 7 nitrogen and oxygen atoms in total. The Morgan fingerprint density at radius 2 is 1.92 bits per heavy atom. The molecule has 3 N–H and O–H groups in total. The summed E-state index contributed by atoms with van der Waals surface area (Å²) in [6.07, 6.45) is 3.11. The molecule has 0 amide bonds. The molecule has 0 fully saturated rings. The second-order valence-electron chi connectivity index (χ2n) is 5.20. The van der Waals surface area contributed by atoms with Crippen molar-refractivity contribution in [1.29, 1.82) is 0 Å². The maximum Gasteiger partial charge on any atom is 0.250 e. The zero-order valence-corrected chi connectivity index (χ0v) is 17.1. The lowest BCUT2D eigenvalue weighted by molar-refractivity contribution is 0.129. The average molecular weight is 411 g/mol. The second kappa shape index (κ2) is 12.5. The number of hydrogen-bond acceptors (Lipinski definition) is 5. The third-order valence-corrected chi connectivity index (χ3v) is 6.33. The second-order valence-corrected chi connectivity index (χ2v) is 8.91. The molecule has 0 unspecified atom stereocenters. The maximum absolute atomic E-state index is 12.0. The van der Waals surface area contributed by atoms with E-state index in [9.17, 15) is 8.42 Å². The molecular formula is C15H27ClN4O3S2. The van der Waals surface area contributed by atoms with Crippen molar-refractivity contribution in [3.8, 4) is 0 Å². The molecule has 0 aliphatic rings. The minimum atomic E-state index is -3.51. The fourth-order valence-corrected chi connectivity index (χ4v) is 4.39. The van der Waals surface area contributed by atoms with Crippen LogP contribution in [0.25, 0.3) is 0 Å². The van der Waals surface area contributed by atoms with Gasteiger partial charge in [-0.1, -0.05) is 24.9 Å². The predicted octanol–water partition coefficient (Wildman–Crippen LogP) is 2.05. The summed E-state index contributed by atoms with van der Waals surface area (Å²) in [5.74, 6) is 0.631. The zero-order chi connectivity index (χ0) is 18.5. The standard InChI is InChI=1S/C15H27ClN4O3S2/c1-3-4-11-23-12-5-8-18-15(17-2)19-9-10-20-25(21,22)14-7-6-13(16)24-14/h6-7,20H,3-5,8-12H2,1-2H3,(H2,17,18,19). The molecular weight excluding hydrogens is 384 g/mol. The summed E-state index contributed by atoms with van der Waals surface area (Å²) in [5.41, 5.74) is 0. The van der Waals surface area contributed by atoms with E-state index in [1.54, 1.807) is 13.1 Å². The van der Waals surface area contributed by atoms with Gasteiger partial charge in [0.1, 0.15) is 4.21 Å². The molecule has 0 aliphatic carbocycles. The lowest BCUT2D eigenvalue weighted by Gasteiger charge is -2.12. The van der Waals surface area contributed by atoms with E-state index in [1.807, 2.05) is 0 Å². The van der Waals surface area contributed by atoms with Crippen LogP contribution in [0.2, 0.25) is 4.34 Å². The fraction of sp³-hybridized carbons (Fsp3) is 0.667. The Morgan fingerprint density at radius 1 is 1.20 bits per heavy atom. The predicted molar refractivity (Wildman–Crippen MR) is 104 cm³/mol. The highest BCUT2D eigenvalue weighted by molar-refractivity contribution is 7.91. The molecule has 1 heterocycles. The van der Waals surface area contributed by atoms with Gasteiger partial charge in [0.15, 0.2) is 5.96 Å². The number of thiophene rings is 1. The van der Waals surface area contributed by atoms with Gasteiger partial charge in [-0.05, 0) is 25.0 Å². The van der Waals surface area contributed by atoms with Crippen molar-refractivity contribution < 1.29 is 13.2 Å². The van der Waals surface area contributed by atoms with Gasteiger partial charge in [-0.15, -0.1) is 11.3 Å². The first-order valence-electron chi connectivity index (χ1n) is 8.27. The Kier molecular flexibility index (Phi) is 11.1. The number of rotatable bonds is 12. The smallest absolute Gasteiger partial charge is 0.250 e. The lowest BCUT2D eigenvalue weighted by Crippen LogP contribution is -2.41. The van der Waals surface area contributed by atoms with Gasteiger partial charge in [0.2, 0.25) is 10.0 Å². The molecule has 0 radical (unpaired) electrons. The Morgan fingerprint density at radius 3 is 2.56 bits per heavy atom. The molecule has 10 heteroatoms. The average Bonchev–Trinajstić information content (AvgIpc) is 3.03. The van der Waals surface area contributed by atoms with Crippen molar-refractivity contribution in [3.63, 3.8) is 0 Å². The molecule has 1 aromatic heterocycles. The molecule has 1 aromatic rings. The summed E-state index contributed by atoms with van der Waals surface area (Å²) in [6.45, 7) is 5.07. The van der Waals surface area contributed by atoms with E-state index in [2.05, 4.69) is 27.3 Å². The molecule has 0 aromatic carbocycles. The lowest BCUT2D eigenvalue weighted by atomic mass is 10.4. The highest BCUT2D eigenvalue weighted by Crippen LogP contribution is 2.24. The van der Waals surface area contributed by atoms with E-state index in [4.69, 9.17) is 16.3 Å². The first-order valence-corrected chi connectivity index (χ1v) is 10.9. The SMILES string of the molecule is CCCCOCCCNC(=NC)NCCNS(=O)(=O)c1ccc(Cl)s1. The third kappa shape index (κ3) is 9.41. The first-order chi connectivity index (χ1) is 12.0. The quantitative estimate of drug-likeness (QED) is 0.278. The van der Waals surface area contributed by atoms with E-state index in [1.165, 1.54) is 6.07 Å². The molecule has 1 rings (SSSR count). The van der Waals surface area contributed by atoms with Crippen molar-refractivity contribution >= 4 is 38.9 Å². The van der Waals surface area contributed by atoms with Gasteiger partial charge in [-0.3, -0.25) is 4.99 Å². The highest BCUT2D eigenvalue weighted by Gasteiger charge is 2.15. The molecule has 144 valence electrons. The van der Waals surface area contributed by atoms with Crippen LogP contribution >= 0.6 is 22.9 Å². The normalized spacial score (nSPS) is 12.4. The van der Waals surface area contributed by atoms with E-state index >= 15 is 0 Å². The topological polar surface area (TPSA) is 91.8 Å². The number of aliphatic imine (C=N–C) groups is 1. The molecule has 0 spiro atoms. The molecule has 0 bridgehead atoms. The number of unbranched alkanes of at least 4 members (excludes halogenated alkanes) is 1. The summed E-state index contributed by atoms with van der Waals surface area (Å²) in [7, 11) is -1.84. The Labute approximate surface area is 159 Å². The number of hydrogen-bond donors (Lipinski definition) is 3. The molecule has 25 heavy (non-hydrogen) atoms. The first kappa shape index (κ1) is 22.2. The van der Waals surface area contributed by atoms with Gasteiger partial charge in [0.05, 0.1) is 4.34 Å². The minimum absolute atomic E-state index is 0.211. The summed E-state index contributed by atoms with van der Waals surface area (Å²) < 4.78 is 32.7. The van der Waals surface area contributed by atoms with E-state index in [0.29, 0.717) is 23.4 Å². The molecule has 0 aliphatic heterocycles. The van der Waals surface area contributed by atoms with Crippen LogP contribution in [-0.2, 0) is 14.8 Å². The van der Waals surface area contributed by atoms with E-state index in [0.717, 1.165) is 43.8 Å². The van der Waals surface area contributed by atoms with Crippen LogP contribution in [0.4, 0.5) is 0 Å². The molecule has 0 saturated heterocycles. The zero-order valence-electron chi connectivity index (χ0n) is 14.7. The van der Waals surface area contributed by atoms with Crippen molar-refractivity contribution in [2.45, 2.75) is 30.4 Å². The van der Waals surface area contributed by atoms with Crippen LogP contribution in [0.15, 0.2) is 21.3 Å². The third-order valence-electron chi connectivity index (χ3n) is 3.15. The van der Waals surface area contributed by atoms with Gasteiger partial charge >= 0.3 is 0 Å². The van der Waals surface area contributed by atoms with Crippen LogP contribution in [0.3, 0.4) is 0 Å². The van der Waals surface area contributed by atoms with Crippen LogP contribution in [-0.4, -0.2) is 54.3 Å². The minimum Gasteiger partial charge on any atom is -0.381 e. The van der Waals surface area contributed by atoms with E-state index in [-0.39, 0.29) is 10.8 Å². The van der Waals surface area contributed by atoms with Crippen molar-refractivity contribution in [3.05, 3.63) is 16.5 Å². The number of nitrogens with zero attached hydrogens (tertiary/aromatic N) is 1. The van der Waals surface area contributed by atoms with Crippen molar-refractivity contribution in [2.24, 2.45) is 4.99 Å². The maximum atomic E-state index is 12.0. The fourth-order valence-electron chi connectivity index (χ4n) is 1.83. The van der Waals surface area contributed by atoms with Gasteiger partial charge in [-0.25, -0.2) is 13.1 Å². The van der Waals surface area contributed by atoms with Gasteiger partial charge in [0.25, 0.3) is 0 Å². The molecule has 0 atom stereocenters. The van der Waals surface area contributed by atoms with Gasteiger partial charge in [-0.2, -0.15) is 0 Å². The summed E-state index contributed by atoms with van der Waals surface area (Å²) in [4.78, 5) is 4.09. The number of guanidine groups is 1. The Hall–Kier alpha value is -0.870. The van der Waals surface area contributed by atoms with Crippen molar-refractivity contribution in [1.82, 2.24) is 15.4 Å². The largest absolute Gasteiger partial charge is 0.381 e. The summed E-state index contributed by atoms with van der Waals surface area (Å²) in [5, 5.41) is 6.22. The van der Waals surface area contributed by atoms with E-state index < -0.39 is 10.0 Å². The van der Waals surface area contributed by atoms with Crippen molar-refractivity contribution in [2.75, 3.05) is 39.9 Å². The van der Waals surface area contributed by atoms with Crippen LogP contribution in [0, 0.1) is 0 Å². The highest BCUT2D eigenvalue weighted by atomic mass is 35.5. The summed E-state index contributed by atoms with van der Waals surface area (Å²) >= 11 is 6.80. The summed E-state index contributed by atoms with van der Waals surface area (Å²) in [6, 6.07) is 3.06. The van der Waals surface area contributed by atoms with Gasteiger partial charge in [0, 0.05) is 39.9 Å².